The number of allylic oxidation sites excluding steroid dienone is 6. The van der Waals surface area contributed by atoms with E-state index in [0.717, 1.165) is 44.9 Å². The molecule has 57 heavy (non-hydrogen) atoms. The van der Waals surface area contributed by atoms with E-state index < -0.39 is 57.4 Å². The molecular formula is C44H80NO11P. The SMILES string of the molecule is CCCCCCCCCCCCCCCC(=O)O[C@H](COC(=O)CCC[C@@H](O)[C@H](O)/C=C/C=C/C=C\C=C\[C@H](O)CCCCC)COP(=O)([O-])OCC[N+](C)(C)C. The summed E-state index contributed by atoms with van der Waals surface area (Å²) >= 11 is 0. The second kappa shape index (κ2) is 35.8. The summed E-state index contributed by atoms with van der Waals surface area (Å²) in [6, 6.07) is 0. The molecule has 0 aliphatic carbocycles. The Morgan fingerprint density at radius 2 is 1.14 bits per heavy atom. The van der Waals surface area contributed by atoms with Crippen molar-refractivity contribution in [1.29, 1.82) is 0 Å². The molecule has 0 aromatic carbocycles. The zero-order valence-corrected chi connectivity index (χ0v) is 37.0. The Morgan fingerprint density at radius 1 is 0.632 bits per heavy atom. The summed E-state index contributed by atoms with van der Waals surface area (Å²) in [4.78, 5) is 37.5. The summed E-state index contributed by atoms with van der Waals surface area (Å²) in [5.74, 6) is -1.16. The molecular weight excluding hydrogens is 749 g/mol. The molecule has 0 aromatic rings. The fourth-order valence-corrected chi connectivity index (χ4v) is 6.35. The second-order valence-electron chi connectivity index (χ2n) is 15.9. The van der Waals surface area contributed by atoms with Gasteiger partial charge >= 0.3 is 11.9 Å². The van der Waals surface area contributed by atoms with Gasteiger partial charge in [-0.15, -0.1) is 0 Å². The van der Waals surface area contributed by atoms with E-state index in [2.05, 4.69) is 13.8 Å². The smallest absolute Gasteiger partial charge is 0.306 e. The lowest BCUT2D eigenvalue weighted by Gasteiger charge is -2.28. The van der Waals surface area contributed by atoms with Crippen molar-refractivity contribution < 1.29 is 57.4 Å². The van der Waals surface area contributed by atoms with Crippen LogP contribution >= 0.6 is 7.82 Å². The number of carbonyl (C=O) groups excluding carboxylic acids is 2. The minimum absolute atomic E-state index is 0.0757. The Morgan fingerprint density at radius 3 is 1.72 bits per heavy atom. The number of phosphoric acid groups is 1. The van der Waals surface area contributed by atoms with Crippen LogP contribution in [0, 0.1) is 0 Å². The highest BCUT2D eigenvalue weighted by molar-refractivity contribution is 7.45. The zero-order chi connectivity index (χ0) is 42.6. The molecule has 0 radical (unpaired) electrons. The van der Waals surface area contributed by atoms with Gasteiger partial charge in [-0.1, -0.05) is 159 Å². The van der Waals surface area contributed by atoms with Crippen molar-refractivity contribution in [3.05, 3.63) is 48.6 Å². The third-order valence-electron chi connectivity index (χ3n) is 9.22. The third-order valence-corrected chi connectivity index (χ3v) is 10.2. The molecule has 0 heterocycles. The molecule has 3 N–H and O–H groups in total. The third kappa shape index (κ3) is 37.8. The molecule has 0 aliphatic rings. The van der Waals surface area contributed by atoms with Crippen LogP contribution in [-0.2, 0) is 32.7 Å². The monoisotopic (exact) mass is 830 g/mol. The highest BCUT2D eigenvalue weighted by Gasteiger charge is 2.22. The predicted octanol–water partition coefficient (Wildman–Crippen LogP) is 8.19. The first kappa shape index (κ1) is 54.9. The lowest BCUT2D eigenvalue weighted by molar-refractivity contribution is -0.870. The molecule has 12 nitrogen and oxygen atoms in total. The maximum absolute atomic E-state index is 12.7. The molecule has 0 amide bonds. The molecule has 0 rings (SSSR count). The first-order valence-electron chi connectivity index (χ1n) is 21.7. The van der Waals surface area contributed by atoms with Gasteiger partial charge in [-0.2, -0.15) is 0 Å². The van der Waals surface area contributed by atoms with Gasteiger partial charge in [-0.25, -0.2) is 0 Å². The van der Waals surface area contributed by atoms with Crippen LogP contribution < -0.4 is 4.89 Å². The van der Waals surface area contributed by atoms with Gasteiger partial charge in [-0.05, 0) is 25.7 Å². The van der Waals surface area contributed by atoms with E-state index >= 15 is 0 Å². The predicted molar refractivity (Wildman–Crippen MR) is 226 cm³/mol. The highest BCUT2D eigenvalue weighted by atomic mass is 31.2. The number of hydrogen-bond donors (Lipinski definition) is 3. The van der Waals surface area contributed by atoms with Crippen molar-refractivity contribution in [2.24, 2.45) is 0 Å². The van der Waals surface area contributed by atoms with Crippen molar-refractivity contribution in [1.82, 2.24) is 0 Å². The lowest BCUT2D eigenvalue weighted by atomic mass is 10.0. The van der Waals surface area contributed by atoms with Gasteiger partial charge in [0, 0.05) is 12.8 Å². The lowest BCUT2D eigenvalue weighted by Crippen LogP contribution is -2.37. The molecule has 13 heteroatoms. The standard InChI is InChI=1S/C44H80NO11P/c1-6-8-10-11-12-13-14-15-16-17-18-23-27-33-44(50)56-40(38-55-57(51,52)54-36-35-45(3,4)5)37-53-43(49)34-28-32-42(48)41(47)31-26-22-20-19-21-25-30-39(46)29-24-9-7-2/h19-22,25-26,30-31,39-42,46-48H,6-18,23-24,27-29,32-38H2,1-5H3/b21-19-,22-20+,30-25+,31-26+/t39-,40-,41-,42-/m1/s1. The quantitative estimate of drug-likeness (QED) is 0.0180. The van der Waals surface area contributed by atoms with E-state index in [1.165, 1.54) is 63.9 Å². The van der Waals surface area contributed by atoms with Crippen LogP contribution in [0.25, 0.3) is 0 Å². The molecule has 0 bridgehead atoms. The number of nitrogens with zero attached hydrogens (tertiary/aromatic N) is 1. The van der Waals surface area contributed by atoms with Gasteiger partial charge in [0.15, 0.2) is 6.10 Å². The maximum atomic E-state index is 12.7. The Bertz CT molecular complexity index is 1170. The van der Waals surface area contributed by atoms with Crippen molar-refractivity contribution in [3.63, 3.8) is 0 Å². The Kier molecular flexibility index (Phi) is 34.4. The minimum atomic E-state index is -4.70. The van der Waals surface area contributed by atoms with Crippen molar-refractivity contribution in [2.75, 3.05) is 47.5 Å². The van der Waals surface area contributed by atoms with Gasteiger partial charge in [0.05, 0.1) is 46.1 Å². The van der Waals surface area contributed by atoms with Crippen molar-refractivity contribution in [2.45, 2.75) is 173 Å². The number of ether oxygens (including phenoxy) is 2. The molecule has 0 saturated heterocycles. The van der Waals surface area contributed by atoms with Gasteiger partial charge in [-0.3, -0.25) is 14.2 Å². The van der Waals surface area contributed by atoms with Crippen LogP contribution in [0.4, 0.5) is 0 Å². The summed E-state index contributed by atoms with van der Waals surface area (Å²) in [7, 11) is 0.974. The number of likely N-dealkylation sites (N-methyl/N-ethyl adjacent to an activating group) is 1. The summed E-state index contributed by atoms with van der Waals surface area (Å²) < 4.78 is 33.6. The largest absolute Gasteiger partial charge is 0.756 e. The molecule has 5 atom stereocenters. The summed E-state index contributed by atoms with van der Waals surface area (Å²) in [6.07, 6.45) is 29.4. The van der Waals surface area contributed by atoms with Crippen LogP contribution in [0.1, 0.15) is 149 Å². The van der Waals surface area contributed by atoms with Crippen LogP contribution in [0.2, 0.25) is 0 Å². The van der Waals surface area contributed by atoms with Crippen LogP contribution in [-0.4, -0.2) is 104 Å². The number of carbonyl (C=O) groups is 2. The van der Waals surface area contributed by atoms with E-state index in [4.69, 9.17) is 18.5 Å². The number of phosphoric ester groups is 1. The molecule has 332 valence electrons. The number of quaternary nitrogens is 1. The normalized spacial score (nSPS) is 15.7. The fourth-order valence-electron chi connectivity index (χ4n) is 5.63. The minimum Gasteiger partial charge on any atom is -0.756 e. The number of aliphatic hydroxyl groups excluding tert-OH is 3. The molecule has 0 spiro atoms. The number of esters is 2. The van der Waals surface area contributed by atoms with E-state index in [-0.39, 0.29) is 32.3 Å². The molecule has 0 aromatic heterocycles. The summed E-state index contributed by atoms with van der Waals surface area (Å²) in [6.45, 7) is 3.71. The van der Waals surface area contributed by atoms with Gasteiger partial charge < -0.3 is 43.2 Å². The maximum Gasteiger partial charge on any atom is 0.306 e. The summed E-state index contributed by atoms with van der Waals surface area (Å²) in [5, 5.41) is 30.5. The van der Waals surface area contributed by atoms with E-state index in [1.807, 2.05) is 21.1 Å². The number of hydrogen-bond acceptors (Lipinski definition) is 11. The number of rotatable bonds is 38. The summed E-state index contributed by atoms with van der Waals surface area (Å²) in [5.41, 5.74) is 0. The number of unbranched alkanes of at least 4 members (excludes halogenated alkanes) is 14. The van der Waals surface area contributed by atoms with Gasteiger partial charge in [0.1, 0.15) is 19.8 Å². The molecule has 1 unspecified atom stereocenters. The fraction of sp³-hybridized carbons (Fsp3) is 0.773. The molecule has 0 saturated carbocycles. The van der Waals surface area contributed by atoms with Crippen LogP contribution in [0.15, 0.2) is 48.6 Å². The zero-order valence-electron chi connectivity index (χ0n) is 36.1. The molecule has 0 aliphatic heterocycles. The Hall–Kier alpha value is -2.15. The van der Waals surface area contributed by atoms with Gasteiger partial charge in [0.2, 0.25) is 0 Å². The van der Waals surface area contributed by atoms with Crippen LogP contribution in [0.3, 0.4) is 0 Å². The first-order chi connectivity index (χ1) is 27.2. The van der Waals surface area contributed by atoms with Gasteiger partial charge in [0.25, 0.3) is 7.82 Å². The highest BCUT2D eigenvalue weighted by Crippen LogP contribution is 2.38. The topological polar surface area (TPSA) is 172 Å². The van der Waals surface area contributed by atoms with E-state index in [0.29, 0.717) is 17.4 Å². The Labute approximate surface area is 345 Å². The number of aliphatic hydroxyl groups is 3. The Balaban J connectivity index is 4.70. The van der Waals surface area contributed by atoms with Crippen LogP contribution in [0.5, 0.6) is 0 Å². The van der Waals surface area contributed by atoms with E-state index in [1.54, 1.807) is 42.5 Å². The molecule has 0 fully saturated rings. The van der Waals surface area contributed by atoms with E-state index in [9.17, 15) is 34.4 Å². The van der Waals surface area contributed by atoms with Crippen molar-refractivity contribution in [3.8, 4) is 0 Å². The average Bonchev–Trinajstić information content (AvgIpc) is 3.15. The second-order valence-corrected chi connectivity index (χ2v) is 17.3. The van der Waals surface area contributed by atoms with Crippen molar-refractivity contribution >= 4 is 19.8 Å². The average molecular weight is 830 g/mol. The first-order valence-corrected chi connectivity index (χ1v) is 23.1.